The minimum absolute atomic E-state index is 0.0219. The van der Waals surface area contributed by atoms with Crippen LogP contribution in [0, 0.1) is 11.3 Å². The molecule has 42 heavy (non-hydrogen) atoms. The summed E-state index contributed by atoms with van der Waals surface area (Å²) in [5.74, 6) is -0.721. The SMILES string of the molecule is CCN1CC[NH+](Cc2cc(C#N)ccc2[C@@H]2C(C(=O)OC)=C(C)N(c3cccc(C(F)(F)F)c3)c3n[nH]c(=O)n32)CC1. The van der Waals surface area contributed by atoms with Gasteiger partial charge in [-0.25, -0.2) is 19.3 Å². The molecule has 2 aromatic carbocycles. The molecule has 2 aliphatic rings. The molecule has 0 radical (unpaired) electrons. The van der Waals surface area contributed by atoms with E-state index in [0.29, 0.717) is 17.7 Å². The van der Waals surface area contributed by atoms with Crippen LogP contribution in [0.4, 0.5) is 24.8 Å². The van der Waals surface area contributed by atoms with Crippen molar-refractivity contribution in [3.63, 3.8) is 0 Å². The number of methoxy groups -OCH3 is 1. The third-order valence-corrected chi connectivity index (χ3v) is 8.00. The minimum atomic E-state index is -4.61. The van der Waals surface area contributed by atoms with Crippen LogP contribution < -0.4 is 15.5 Å². The number of hydrogen-bond donors (Lipinski definition) is 2. The second kappa shape index (κ2) is 11.5. The van der Waals surface area contributed by atoms with Gasteiger partial charge >= 0.3 is 17.8 Å². The van der Waals surface area contributed by atoms with Crippen molar-refractivity contribution >= 4 is 17.6 Å². The van der Waals surface area contributed by atoms with Gasteiger partial charge in [-0.15, -0.1) is 5.10 Å². The number of aromatic nitrogens is 3. The summed E-state index contributed by atoms with van der Waals surface area (Å²) >= 11 is 0. The number of rotatable bonds is 6. The van der Waals surface area contributed by atoms with Crippen molar-refractivity contribution in [1.29, 1.82) is 5.26 Å². The van der Waals surface area contributed by atoms with E-state index in [1.165, 1.54) is 33.6 Å². The van der Waals surface area contributed by atoms with Gasteiger partial charge in [0, 0.05) is 30.0 Å². The van der Waals surface area contributed by atoms with Crippen LogP contribution in [0.5, 0.6) is 0 Å². The molecular formula is C29H31F3N7O3+. The number of likely N-dealkylation sites (N-methyl/N-ethyl adjacent to an activating group) is 1. The van der Waals surface area contributed by atoms with Gasteiger partial charge in [-0.3, -0.25) is 9.80 Å². The largest absolute Gasteiger partial charge is 0.466 e. The van der Waals surface area contributed by atoms with Gasteiger partial charge in [0.1, 0.15) is 12.6 Å². The fraction of sp³-hybridized carbons (Fsp3) is 0.379. The summed E-state index contributed by atoms with van der Waals surface area (Å²) < 4.78 is 47.2. The molecule has 3 heterocycles. The van der Waals surface area contributed by atoms with Crippen LogP contribution in [0.25, 0.3) is 0 Å². The number of hydrogen-bond acceptors (Lipinski definition) is 7. The van der Waals surface area contributed by atoms with E-state index in [4.69, 9.17) is 4.74 Å². The van der Waals surface area contributed by atoms with Crippen molar-refractivity contribution in [2.24, 2.45) is 0 Å². The van der Waals surface area contributed by atoms with Gasteiger partial charge in [-0.05, 0) is 49.4 Å². The number of piperazine rings is 1. The molecule has 10 nitrogen and oxygen atoms in total. The lowest BCUT2D eigenvalue weighted by atomic mass is 9.89. The monoisotopic (exact) mass is 582 g/mol. The summed E-state index contributed by atoms with van der Waals surface area (Å²) in [5.41, 5.74) is 0.675. The Morgan fingerprint density at radius 3 is 2.60 bits per heavy atom. The molecule has 0 unspecified atom stereocenters. The second-order valence-corrected chi connectivity index (χ2v) is 10.4. The van der Waals surface area contributed by atoms with E-state index in [1.54, 1.807) is 25.1 Å². The molecule has 220 valence electrons. The van der Waals surface area contributed by atoms with E-state index in [2.05, 4.69) is 28.1 Å². The summed E-state index contributed by atoms with van der Waals surface area (Å²) in [7, 11) is 1.21. The predicted molar refractivity (Wildman–Crippen MR) is 147 cm³/mol. The number of halogens is 3. The smallest absolute Gasteiger partial charge is 0.416 e. The van der Waals surface area contributed by atoms with Gasteiger partial charge in [0.25, 0.3) is 0 Å². The van der Waals surface area contributed by atoms with Gasteiger partial charge in [-0.2, -0.15) is 18.4 Å². The number of H-pyrrole nitrogens is 1. The standard InChI is InChI=1S/C29H30F3N7O3/c1-4-36-10-12-37(13-11-36)17-20-14-19(16-33)8-9-23(20)25-24(26(40)42-3)18(2)38(27-34-35-28(41)39(25)27)22-7-5-6-21(15-22)29(30,31)32/h5-9,14-15,25H,4,10-13,17H2,1-3H3,(H,35,41)/p+1/t25-/m1/s1. The first-order chi connectivity index (χ1) is 20.1. The van der Waals surface area contributed by atoms with Crippen LogP contribution in [-0.4, -0.2) is 65.5 Å². The second-order valence-electron chi connectivity index (χ2n) is 10.4. The maximum atomic E-state index is 13.6. The summed E-state index contributed by atoms with van der Waals surface area (Å²) in [6, 6.07) is 10.9. The lowest BCUT2D eigenvalue weighted by Crippen LogP contribution is -3.13. The van der Waals surface area contributed by atoms with Crippen LogP contribution >= 0.6 is 0 Å². The fourth-order valence-electron chi connectivity index (χ4n) is 5.81. The zero-order valence-corrected chi connectivity index (χ0v) is 23.5. The van der Waals surface area contributed by atoms with Gasteiger partial charge in [0.15, 0.2) is 0 Å². The third-order valence-electron chi connectivity index (χ3n) is 8.00. The number of allylic oxidation sites excluding steroid dienone is 1. The zero-order chi connectivity index (χ0) is 30.2. The average Bonchev–Trinajstić information content (AvgIpc) is 3.36. The fourth-order valence-corrected chi connectivity index (χ4v) is 5.81. The molecule has 2 N–H and O–H groups in total. The molecule has 0 bridgehead atoms. The van der Waals surface area contributed by atoms with Gasteiger partial charge in [0.2, 0.25) is 5.95 Å². The Labute approximate surface area is 240 Å². The van der Waals surface area contributed by atoms with Gasteiger partial charge in [-0.1, -0.05) is 19.1 Å². The first kappa shape index (κ1) is 29.1. The van der Waals surface area contributed by atoms with Crippen LogP contribution in [0.1, 0.15) is 42.1 Å². The molecule has 1 atom stereocenters. The molecule has 2 aliphatic heterocycles. The Balaban J connectivity index is 1.68. The highest BCUT2D eigenvalue weighted by Gasteiger charge is 2.41. The number of nitrogens with one attached hydrogen (secondary N) is 2. The number of anilines is 2. The highest BCUT2D eigenvalue weighted by molar-refractivity contribution is 5.93. The quantitative estimate of drug-likeness (QED) is 0.430. The highest BCUT2D eigenvalue weighted by atomic mass is 19.4. The number of esters is 1. The number of quaternary nitrogens is 1. The Hall–Kier alpha value is -4.41. The van der Waals surface area contributed by atoms with E-state index in [1.807, 2.05) is 0 Å². The molecule has 1 saturated heterocycles. The molecule has 1 aromatic heterocycles. The van der Waals surface area contributed by atoms with E-state index >= 15 is 0 Å². The zero-order valence-electron chi connectivity index (χ0n) is 23.5. The molecule has 0 amide bonds. The summed E-state index contributed by atoms with van der Waals surface area (Å²) in [4.78, 5) is 31.7. The van der Waals surface area contributed by atoms with Crippen LogP contribution in [0.15, 0.2) is 58.5 Å². The Morgan fingerprint density at radius 1 is 1.21 bits per heavy atom. The number of carbonyl (C=O) groups excluding carboxylic acids is 1. The molecule has 0 saturated carbocycles. The predicted octanol–water partition coefficient (Wildman–Crippen LogP) is 2.37. The maximum absolute atomic E-state index is 13.6. The van der Waals surface area contributed by atoms with E-state index in [9.17, 15) is 28.0 Å². The van der Waals surface area contributed by atoms with Gasteiger partial charge in [0.05, 0.1) is 43.0 Å². The number of nitrogens with zero attached hydrogens (tertiary/aromatic N) is 5. The number of alkyl halides is 3. The number of carbonyl (C=O) groups is 1. The average molecular weight is 583 g/mol. The first-order valence-electron chi connectivity index (χ1n) is 13.6. The van der Waals surface area contributed by atoms with Crippen molar-refractivity contribution in [2.75, 3.05) is 44.7 Å². The van der Waals surface area contributed by atoms with E-state index in [-0.39, 0.29) is 22.9 Å². The number of benzene rings is 2. The van der Waals surface area contributed by atoms with E-state index < -0.39 is 29.4 Å². The molecule has 0 spiro atoms. The number of ether oxygens (including phenoxy) is 1. The lowest BCUT2D eigenvalue weighted by molar-refractivity contribution is -0.918. The van der Waals surface area contributed by atoms with Crippen molar-refractivity contribution in [2.45, 2.75) is 32.6 Å². The maximum Gasteiger partial charge on any atom is 0.416 e. The Bertz CT molecular complexity index is 1630. The molecule has 13 heteroatoms. The number of aromatic amines is 1. The van der Waals surface area contributed by atoms with Crippen molar-refractivity contribution in [3.05, 3.63) is 86.5 Å². The topological polar surface area (TPSA) is 112 Å². The van der Waals surface area contributed by atoms with Crippen LogP contribution in [-0.2, 0) is 22.3 Å². The third kappa shape index (κ3) is 5.31. The minimum Gasteiger partial charge on any atom is -0.466 e. The van der Waals surface area contributed by atoms with Crippen LogP contribution in [0.3, 0.4) is 0 Å². The number of fused-ring (bicyclic) bond motifs is 1. The van der Waals surface area contributed by atoms with E-state index in [0.717, 1.165) is 50.4 Å². The molecule has 5 rings (SSSR count). The summed E-state index contributed by atoms with van der Waals surface area (Å²) in [5, 5.41) is 16.2. The summed E-state index contributed by atoms with van der Waals surface area (Å²) in [6.07, 6.45) is -4.61. The van der Waals surface area contributed by atoms with Crippen LogP contribution in [0.2, 0.25) is 0 Å². The molecule has 0 aliphatic carbocycles. The number of nitriles is 1. The molecule has 1 fully saturated rings. The van der Waals surface area contributed by atoms with Crippen molar-refractivity contribution < 1.29 is 27.6 Å². The van der Waals surface area contributed by atoms with Gasteiger partial charge < -0.3 is 9.64 Å². The Kier molecular flexibility index (Phi) is 7.94. The molecular weight excluding hydrogens is 551 g/mol. The summed E-state index contributed by atoms with van der Waals surface area (Å²) in [6.45, 7) is 8.83. The first-order valence-corrected chi connectivity index (χ1v) is 13.6. The Morgan fingerprint density at radius 2 is 1.95 bits per heavy atom. The normalized spacial score (nSPS) is 18.1. The van der Waals surface area contributed by atoms with Crippen molar-refractivity contribution in [3.8, 4) is 6.07 Å². The van der Waals surface area contributed by atoms with Crippen molar-refractivity contribution in [1.82, 2.24) is 19.7 Å². The lowest BCUT2D eigenvalue weighted by Gasteiger charge is -2.36. The highest BCUT2D eigenvalue weighted by Crippen LogP contribution is 2.43. The molecule has 3 aromatic rings.